The van der Waals surface area contributed by atoms with E-state index >= 15 is 0 Å². The van der Waals surface area contributed by atoms with E-state index in [4.69, 9.17) is 5.26 Å². The molecule has 0 fully saturated rings. The van der Waals surface area contributed by atoms with Crippen LogP contribution in [-0.2, 0) is 12.6 Å². The van der Waals surface area contributed by atoms with Gasteiger partial charge in [-0.2, -0.15) is 18.4 Å². The lowest BCUT2D eigenvalue weighted by Gasteiger charge is -2.14. The second kappa shape index (κ2) is 4.53. The molecule has 0 aliphatic carbocycles. The van der Waals surface area contributed by atoms with Gasteiger partial charge in [0.05, 0.1) is 23.6 Å². The molecule has 0 saturated heterocycles. The van der Waals surface area contributed by atoms with E-state index in [1.54, 1.807) is 0 Å². The number of halogens is 5. The van der Waals surface area contributed by atoms with Crippen LogP contribution in [0.4, 0.5) is 22.0 Å². The number of pyridine rings is 1. The van der Waals surface area contributed by atoms with Gasteiger partial charge in [0, 0.05) is 11.8 Å². The molecule has 0 aromatic carbocycles. The van der Waals surface area contributed by atoms with E-state index in [0.29, 0.717) is 0 Å². The van der Waals surface area contributed by atoms with Crippen LogP contribution >= 0.6 is 0 Å². The van der Waals surface area contributed by atoms with Crippen molar-refractivity contribution in [1.82, 2.24) is 4.98 Å². The van der Waals surface area contributed by atoms with E-state index in [-0.39, 0.29) is 6.07 Å². The van der Waals surface area contributed by atoms with Crippen LogP contribution in [-0.4, -0.2) is 4.98 Å². The number of nitrogens with zero attached hydrogens (tertiary/aromatic N) is 1. The standard InChI is InChI=1S/C9H5F5N2O/c10-8(11)7-4(9(12,13)14)3-6(17)16-5(7)1-2-15/h3,8H,1H2,(H,16,17). The zero-order valence-corrected chi connectivity index (χ0v) is 8.11. The van der Waals surface area contributed by atoms with E-state index < -0.39 is 41.4 Å². The normalized spacial score (nSPS) is 11.6. The zero-order chi connectivity index (χ0) is 13.2. The Morgan fingerprint density at radius 1 is 1.41 bits per heavy atom. The third-order valence-electron chi connectivity index (χ3n) is 1.94. The molecule has 0 aliphatic rings. The Labute approximate surface area is 91.5 Å². The molecule has 1 aromatic rings. The van der Waals surface area contributed by atoms with Crippen molar-refractivity contribution in [2.45, 2.75) is 19.0 Å². The SMILES string of the molecule is N#CCc1[nH]c(=O)cc(C(F)(F)F)c1C(F)F. The monoisotopic (exact) mass is 252 g/mol. The first-order chi connectivity index (χ1) is 7.77. The van der Waals surface area contributed by atoms with Gasteiger partial charge in [-0.1, -0.05) is 0 Å². The Balaban J connectivity index is 3.59. The number of hydrogen-bond acceptors (Lipinski definition) is 2. The largest absolute Gasteiger partial charge is 0.417 e. The van der Waals surface area contributed by atoms with Crippen molar-refractivity contribution in [3.8, 4) is 6.07 Å². The van der Waals surface area contributed by atoms with Crippen molar-refractivity contribution in [2.75, 3.05) is 0 Å². The Morgan fingerprint density at radius 3 is 2.41 bits per heavy atom. The highest BCUT2D eigenvalue weighted by molar-refractivity contribution is 5.34. The van der Waals surface area contributed by atoms with Crippen molar-refractivity contribution < 1.29 is 22.0 Å². The van der Waals surface area contributed by atoms with Gasteiger partial charge in [0.2, 0.25) is 5.56 Å². The molecule has 1 heterocycles. The highest BCUT2D eigenvalue weighted by Crippen LogP contribution is 2.36. The van der Waals surface area contributed by atoms with Crippen molar-refractivity contribution in [1.29, 1.82) is 5.26 Å². The molecule has 3 nitrogen and oxygen atoms in total. The van der Waals surface area contributed by atoms with E-state index in [2.05, 4.69) is 0 Å². The molecule has 1 aromatic heterocycles. The molecule has 8 heteroatoms. The molecule has 1 rings (SSSR count). The van der Waals surface area contributed by atoms with Crippen LogP contribution in [0.5, 0.6) is 0 Å². The second-order valence-corrected chi connectivity index (χ2v) is 3.07. The van der Waals surface area contributed by atoms with Crippen LogP contribution in [0.25, 0.3) is 0 Å². The van der Waals surface area contributed by atoms with Gasteiger partial charge in [-0.05, 0) is 0 Å². The summed E-state index contributed by atoms with van der Waals surface area (Å²) in [5.41, 5.74) is -4.94. The maximum absolute atomic E-state index is 12.5. The van der Waals surface area contributed by atoms with E-state index in [1.165, 1.54) is 6.07 Å². The summed E-state index contributed by atoms with van der Waals surface area (Å²) in [6.45, 7) is 0. The molecule has 0 bridgehead atoms. The predicted octanol–water partition coefficient (Wildman–Crippen LogP) is 2.40. The lowest BCUT2D eigenvalue weighted by Crippen LogP contribution is -2.20. The number of alkyl halides is 5. The average Bonchev–Trinajstić information content (AvgIpc) is 2.15. The fraction of sp³-hybridized carbons (Fsp3) is 0.333. The Morgan fingerprint density at radius 2 is 2.00 bits per heavy atom. The molecule has 92 valence electrons. The number of nitrogens with one attached hydrogen (secondary N) is 1. The third-order valence-corrected chi connectivity index (χ3v) is 1.94. The fourth-order valence-electron chi connectivity index (χ4n) is 1.33. The molecule has 0 atom stereocenters. The number of aromatic nitrogens is 1. The second-order valence-electron chi connectivity index (χ2n) is 3.07. The minimum Gasteiger partial charge on any atom is -0.325 e. The van der Waals surface area contributed by atoms with Crippen LogP contribution in [0.3, 0.4) is 0 Å². The lowest BCUT2D eigenvalue weighted by molar-refractivity contribution is -0.139. The number of H-pyrrole nitrogens is 1. The summed E-state index contributed by atoms with van der Waals surface area (Å²) < 4.78 is 62.4. The Hall–Kier alpha value is -1.91. The van der Waals surface area contributed by atoms with Gasteiger partial charge in [0.1, 0.15) is 0 Å². The van der Waals surface area contributed by atoms with Crippen LogP contribution in [0.1, 0.15) is 23.2 Å². The van der Waals surface area contributed by atoms with Gasteiger partial charge in [-0.15, -0.1) is 0 Å². The number of rotatable bonds is 2. The highest BCUT2D eigenvalue weighted by atomic mass is 19.4. The van der Waals surface area contributed by atoms with Crippen molar-refractivity contribution in [2.24, 2.45) is 0 Å². The summed E-state index contributed by atoms with van der Waals surface area (Å²) in [4.78, 5) is 12.7. The van der Waals surface area contributed by atoms with E-state index in [0.717, 1.165) is 0 Å². The minimum atomic E-state index is -5.07. The molecule has 1 N–H and O–H groups in total. The maximum Gasteiger partial charge on any atom is 0.417 e. The Kier molecular flexibility index (Phi) is 3.50. The van der Waals surface area contributed by atoms with Gasteiger partial charge in [0.25, 0.3) is 6.43 Å². The lowest BCUT2D eigenvalue weighted by atomic mass is 10.0. The molecule has 0 radical (unpaired) electrons. The molecule has 0 saturated carbocycles. The molecule has 0 spiro atoms. The molecule has 0 unspecified atom stereocenters. The first-order valence-corrected chi connectivity index (χ1v) is 4.25. The van der Waals surface area contributed by atoms with Gasteiger partial charge < -0.3 is 4.98 Å². The summed E-state index contributed by atoms with van der Waals surface area (Å²) >= 11 is 0. The van der Waals surface area contributed by atoms with Gasteiger partial charge in [-0.25, -0.2) is 8.78 Å². The van der Waals surface area contributed by atoms with Crippen LogP contribution in [0, 0.1) is 11.3 Å². The first kappa shape index (κ1) is 13.2. The van der Waals surface area contributed by atoms with Crippen molar-refractivity contribution in [3.05, 3.63) is 33.2 Å². The summed E-state index contributed by atoms with van der Waals surface area (Å²) in [7, 11) is 0. The number of nitriles is 1. The fourth-order valence-corrected chi connectivity index (χ4v) is 1.33. The molecule has 0 aliphatic heterocycles. The quantitative estimate of drug-likeness (QED) is 0.821. The van der Waals surface area contributed by atoms with Crippen LogP contribution in [0.2, 0.25) is 0 Å². The van der Waals surface area contributed by atoms with Crippen molar-refractivity contribution in [3.63, 3.8) is 0 Å². The maximum atomic E-state index is 12.5. The molecular weight excluding hydrogens is 247 g/mol. The molecular formula is C9H5F5N2O. The van der Waals surface area contributed by atoms with Gasteiger partial charge in [-0.3, -0.25) is 4.79 Å². The number of hydrogen-bond donors (Lipinski definition) is 1. The zero-order valence-electron chi connectivity index (χ0n) is 8.11. The topological polar surface area (TPSA) is 56.6 Å². The Bertz CT molecular complexity index is 512. The first-order valence-electron chi connectivity index (χ1n) is 4.25. The van der Waals surface area contributed by atoms with Crippen LogP contribution in [0.15, 0.2) is 10.9 Å². The average molecular weight is 252 g/mol. The molecule has 0 amide bonds. The van der Waals surface area contributed by atoms with E-state index in [9.17, 15) is 26.7 Å². The predicted molar refractivity (Wildman–Crippen MR) is 46.3 cm³/mol. The summed E-state index contributed by atoms with van der Waals surface area (Å²) in [5, 5.41) is 8.31. The van der Waals surface area contributed by atoms with Gasteiger partial charge >= 0.3 is 6.18 Å². The summed E-state index contributed by atoms with van der Waals surface area (Å²) in [6, 6.07) is 1.47. The van der Waals surface area contributed by atoms with E-state index in [1.807, 2.05) is 4.98 Å². The van der Waals surface area contributed by atoms with Gasteiger partial charge in [0.15, 0.2) is 0 Å². The smallest absolute Gasteiger partial charge is 0.325 e. The minimum absolute atomic E-state index is 0.0579. The summed E-state index contributed by atoms with van der Waals surface area (Å²) in [5.74, 6) is 0. The third kappa shape index (κ3) is 2.81. The summed E-state index contributed by atoms with van der Waals surface area (Å²) in [6.07, 6.45) is -9.21. The highest BCUT2D eigenvalue weighted by Gasteiger charge is 2.37. The number of aromatic amines is 1. The van der Waals surface area contributed by atoms with Crippen molar-refractivity contribution >= 4 is 0 Å². The molecule has 17 heavy (non-hydrogen) atoms. The van der Waals surface area contributed by atoms with Crippen LogP contribution < -0.4 is 5.56 Å².